The number of ether oxygens (including phenoxy) is 4. The number of piperidine rings is 2. The maximum atomic E-state index is 13.8. The van der Waals surface area contributed by atoms with Crippen molar-refractivity contribution in [1.82, 2.24) is 60.6 Å². The minimum absolute atomic E-state index is 0. The van der Waals surface area contributed by atoms with E-state index in [1.54, 1.807) is 38.5 Å². The highest BCUT2D eigenvalue weighted by Crippen LogP contribution is 2.39. The molecule has 15 rings (SSSR count). The normalized spacial score (nSPS) is 16.4. The molecule has 9 heterocycles. The van der Waals surface area contributed by atoms with Gasteiger partial charge in [0.05, 0.1) is 64.4 Å². The number of fused-ring (bicyclic) bond motifs is 2. The van der Waals surface area contributed by atoms with Gasteiger partial charge in [0.25, 0.3) is 23.6 Å². The number of amides is 4. The van der Waals surface area contributed by atoms with Gasteiger partial charge in [-0.15, -0.1) is 0 Å². The number of rotatable bonds is 28. The van der Waals surface area contributed by atoms with Crippen LogP contribution in [0.1, 0.15) is 212 Å². The third kappa shape index (κ3) is 23.8. The summed E-state index contributed by atoms with van der Waals surface area (Å²) in [4.78, 5) is 68.8. The number of methoxy groups -OCH3 is 2. The molecule has 26 heteroatoms. The third-order valence-electron chi connectivity index (χ3n) is 25.2. The van der Waals surface area contributed by atoms with E-state index in [0.29, 0.717) is 93.6 Å². The van der Waals surface area contributed by atoms with E-state index in [1.165, 1.54) is 56.3 Å². The minimum Gasteiger partial charge on any atom is -0.496 e. The van der Waals surface area contributed by atoms with Crippen molar-refractivity contribution in [3.63, 3.8) is 0 Å². The van der Waals surface area contributed by atoms with Gasteiger partial charge < -0.3 is 70.0 Å². The SMILES string of the molecule is C.CCc1nc2c(cnn2CC)c(NC2CCOCC2)c1CNC(=O)c1cc(C)cc(C(=O)NCc2ccc(OC)c(-c3cccc(CC4CCN(C)CC4)c3)c2)c1.CCc1nc2c(cnn2CC)c(NC2CCOCC2)c1CNC(=O)c1cc(C)cc(C(=O)NCc2ccc(OC)c(Br)c2)c1.CN1CCC(Cc2cccc(B3OC(C)(C)C(C)(C)O3)c2)CC1. The largest absolute Gasteiger partial charge is 0.496 e. The summed E-state index contributed by atoms with van der Waals surface area (Å²) in [5, 5.41) is 30.9. The van der Waals surface area contributed by atoms with E-state index < -0.39 is 0 Å². The molecule has 0 radical (unpaired) electrons. The van der Waals surface area contributed by atoms with Gasteiger partial charge in [0, 0.05) is 128 Å². The maximum Gasteiger partial charge on any atom is 0.494 e. The molecule has 0 saturated carbocycles. The van der Waals surface area contributed by atoms with Crippen molar-refractivity contribution >= 4 is 85.6 Å². The molecule has 0 atom stereocenters. The Balaban J connectivity index is 0.000000185. The van der Waals surface area contributed by atoms with Crippen molar-refractivity contribution in [1.29, 1.82) is 0 Å². The number of benzene rings is 6. The van der Waals surface area contributed by atoms with Crippen LogP contribution < -0.4 is 46.8 Å². The van der Waals surface area contributed by atoms with Gasteiger partial charge in [-0.05, 0) is 306 Å². The van der Waals surface area contributed by atoms with Gasteiger partial charge in [-0.25, -0.2) is 19.3 Å². The molecule has 0 bridgehead atoms. The van der Waals surface area contributed by atoms with Crippen molar-refractivity contribution in [2.45, 2.75) is 216 Å². The molecule has 5 saturated heterocycles. The Morgan fingerprint density at radius 2 is 0.904 bits per heavy atom. The summed E-state index contributed by atoms with van der Waals surface area (Å²) < 4.78 is 39.2. The second-order valence-corrected chi connectivity index (χ2v) is 35.7. The Bertz CT molecular complexity index is 5360. The predicted molar refractivity (Wildman–Crippen MR) is 503 cm³/mol. The molecule has 10 aromatic rings. The average Bonchev–Trinajstić information content (AvgIpc) is 1.66. The van der Waals surface area contributed by atoms with Crippen molar-refractivity contribution in [3.8, 4) is 22.6 Å². The Morgan fingerprint density at radius 3 is 1.32 bits per heavy atom. The third-order valence-corrected chi connectivity index (χ3v) is 25.9. The first-order valence-corrected chi connectivity index (χ1v) is 45.3. The Kier molecular flexibility index (Phi) is 32.7. The summed E-state index contributed by atoms with van der Waals surface area (Å²) in [6.07, 6.45) is 16.0. The van der Waals surface area contributed by atoms with Crippen LogP contribution in [0.2, 0.25) is 0 Å². The quantitative estimate of drug-likeness (QED) is 0.0249. The molecule has 6 aromatic carbocycles. The highest BCUT2D eigenvalue weighted by molar-refractivity contribution is 9.10. The van der Waals surface area contributed by atoms with E-state index in [0.717, 1.165) is 162 Å². The lowest BCUT2D eigenvalue weighted by Gasteiger charge is -2.32. The summed E-state index contributed by atoms with van der Waals surface area (Å²) in [5.74, 6) is 2.00. The number of halogens is 1. The number of nitrogens with zero attached hydrogens (tertiary/aromatic N) is 8. The number of aryl methyl sites for hydroxylation is 6. The first kappa shape index (κ1) is 94.1. The van der Waals surface area contributed by atoms with Crippen LogP contribution in [0.5, 0.6) is 11.5 Å². The molecular weight excluding hydrogens is 1640 g/mol. The average molecular weight is 1770 g/mol. The van der Waals surface area contributed by atoms with Gasteiger partial charge in [0.15, 0.2) is 11.3 Å². The fraction of sp³-hybridized carbons (Fsp3) is 0.475. The number of likely N-dealkylation sites (tertiary alicyclic amines) is 2. The van der Waals surface area contributed by atoms with E-state index >= 15 is 0 Å². The van der Waals surface area contributed by atoms with E-state index in [-0.39, 0.29) is 74.5 Å². The maximum absolute atomic E-state index is 13.8. The zero-order valence-corrected chi connectivity index (χ0v) is 76.6. The van der Waals surface area contributed by atoms with Crippen LogP contribution in [0, 0.1) is 25.7 Å². The monoisotopic (exact) mass is 1760 g/mol. The van der Waals surface area contributed by atoms with Crippen LogP contribution in [0.15, 0.2) is 138 Å². The van der Waals surface area contributed by atoms with E-state index in [1.807, 2.05) is 85.0 Å². The predicted octanol–water partition coefficient (Wildman–Crippen LogP) is 16.4. The van der Waals surface area contributed by atoms with Gasteiger partial charge in [-0.1, -0.05) is 81.9 Å². The molecule has 4 amide bonds. The summed E-state index contributed by atoms with van der Waals surface area (Å²) in [6.45, 7) is 30.7. The highest BCUT2D eigenvalue weighted by Gasteiger charge is 2.52. The topological polar surface area (TPSA) is 264 Å². The van der Waals surface area contributed by atoms with Crippen molar-refractivity contribution in [2.75, 3.05) is 91.6 Å². The Hall–Kier alpha value is -10.1. The van der Waals surface area contributed by atoms with E-state index in [9.17, 15) is 19.2 Å². The van der Waals surface area contributed by atoms with E-state index in [2.05, 4.69) is 185 Å². The minimum atomic E-state index is -0.276. The smallest absolute Gasteiger partial charge is 0.494 e. The standard InChI is InChI=1S/C46H57N7O4.C33H39BrN6O4.C19H30BNO2.CH4/c1-6-41-39(43(50-37-15-19-57-20-16-37)40-29-49-53(7-2)44(40)51-41)28-48-46(55)36-22-30(3)21-35(26-36)45(54)47-27-33-11-12-42(56-5)38(25-33)34-10-8-9-32(24-34)23-31-13-17-52(4)18-14-31;1-5-28-25(30(38-24-9-11-44-12-10-24)26-19-37-40(6-2)31(26)39-28)18-36-33(42)23-14-20(3)13-22(16-23)32(41)35-17-21-7-8-29(43-4)27(34)15-21;1-18(2)19(3,4)23-20(22-18)17-8-6-7-16(14-17)13-15-9-11-21(5)12-10-15;/h8-12,21-22,24-26,29,31,37H,6-7,13-20,23,27-28H2,1-5H3,(H,47,54)(H,48,55)(H,50,51);7-8,13-16,19,24H,5-6,9-12,17-18H2,1-4H3,(H,35,41)(H,36,42)(H,38,39);6-8,14-15H,9-13H2,1-5H3;1H4. The molecule has 0 unspecified atom stereocenters. The zero-order chi connectivity index (χ0) is 87.8. The Labute approximate surface area is 747 Å². The van der Waals surface area contributed by atoms with Gasteiger partial charge >= 0.3 is 7.12 Å². The van der Waals surface area contributed by atoms with Gasteiger partial charge in [0.1, 0.15) is 11.5 Å². The van der Waals surface area contributed by atoms with E-state index in [4.69, 9.17) is 38.2 Å². The molecule has 6 N–H and O–H groups in total. The lowest BCUT2D eigenvalue weighted by atomic mass is 9.77. The van der Waals surface area contributed by atoms with Crippen molar-refractivity contribution in [3.05, 3.63) is 216 Å². The number of pyridine rings is 2. The number of hydrogen-bond acceptors (Lipinski definition) is 18. The Morgan fingerprint density at radius 1 is 0.496 bits per heavy atom. The van der Waals surface area contributed by atoms with Gasteiger partial charge in [0.2, 0.25) is 0 Å². The molecule has 125 heavy (non-hydrogen) atoms. The van der Waals surface area contributed by atoms with Crippen molar-refractivity contribution in [2.24, 2.45) is 11.8 Å². The van der Waals surface area contributed by atoms with Crippen LogP contribution in [-0.4, -0.2) is 174 Å². The second-order valence-electron chi connectivity index (χ2n) is 34.8. The number of aromatic nitrogens is 6. The van der Waals surface area contributed by atoms with Crippen molar-refractivity contribution < 1.29 is 47.4 Å². The second kappa shape index (κ2) is 43.4. The number of anilines is 2. The van der Waals surface area contributed by atoms with Crippen LogP contribution in [-0.2, 0) is 83.7 Å². The summed E-state index contributed by atoms with van der Waals surface area (Å²) in [7, 11) is 7.46. The molecule has 4 aromatic heterocycles. The molecule has 5 aliphatic heterocycles. The molecule has 24 nitrogen and oxygen atoms in total. The molecule has 5 aliphatic rings. The summed E-state index contributed by atoms with van der Waals surface area (Å²) >= 11 is 3.48. The molecule has 666 valence electrons. The highest BCUT2D eigenvalue weighted by atomic mass is 79.9. The first-order chi connectivity index (χ1) is 59.8. The number of nitrogens with one attached hydrogen (secondary N) is 6. The first-order valence-electron chi connectivity index (χ1n) is 44.5. The van der Waals surface area contributed by atoms with Gasteiger partial charge in [-0.2, -0.15) is 10.2 Å². The molecule has 5 fully saturated rings. The zero-order valence-electron chi connectivity index (χ0n) is 75.0. The number of carbonyl (C=O) groups is 4. The fourth-order valence-corrected chi connectivity index (χ4v) is 17.8. The summed E-state index contributed by atoms with van der Waals surface area (Å²) in [5.41, 5.74) is 18.0. The summed E-state index contributed by atoms with van der Waals surface area (Å²) in [6, 6.07) is 40.3. The molecule has 0 spiro atoms. The molecular formula is C99H130BBrN14O10. The number of hydrogen-bond donors (Lipinski definition) is 6. The fourth-order valence-electron chi connectivity index (χ4n) is 17.2. The number of carbonyl (C=O) groups excluding carboxylic acids is 4. The van der Waals surface area contributed by atoms with Crippen LogP contribution >= 0.6 is 15.9 Å². The van der Waals surface area contributed by atoms with Gasteiger partial charge in [-0.3, -0.25) is 19.2 Å². The lowest BCUT2D eigenvalue weighted by molar-refractivity contribution is 0.00578. The van der Waals surface area contributed by atoms with Crippen LogP contribution in [0.25, 0.3) is 33.2 Å². The molecule has 0 aliphatic carbocycles. The van der Waals surface area contributed by atoms with Crippen LogP contribution in [0.3, 0.4) is 0 Å². The lowest BCUT2D eigenvalue weighted by Crippen LogP contribution is -2.41. The van der Waals surface area contributed by atoms with Crippen LogP contribution in [0.4, 0.5) is 11.4 Å².